The number of aliphatic hydroxyl groups is 1. The van der Waals surface area contributed by atoms with E-state index >= 15 is 0 Å². The maximum Gasteiger partial charge on any atom is 0.315 e. The number of carbonyl (C=O) groups is 1. The first-order chi connectivity index (χ1) is 13.0. The van der Waals surface area contributed by atoms with Crippen LogP contribution in [0.1, 0.15) is 31.4 Å². The predicted molar refractivity (Wildman–Crippen MR) is 101 cm³/mol. The van der Waals surface area contributed by atoms with Gasteiger partial charge in [-0.3, -0.25) is 4.98 Å². The third kappa shape index (κ3) is 6.37. The van der Waals surface area contributed by atoms with E-state index in [1.165, 1.54) is 18.2 Å². The van der Waals surface area contributed by atoms with E-state index in [9.17, 15) is 14.3 Å². The molecule has 0 radical (unpaired) electrons. The molecule has 0 saturated heterocycles. The van der Waals surface area contributed by atoms with Crippen LogP contribution in [0, 0.1) is 5.82 Å². The Labute approximate surface area is 162 Å². The maximum atomic E-state index is 14.0. The molecule has 2 aromatic rings. The molecule has 1 heterocycles. The van der Waals surface area contributed by atoms with E-state index in [1.807, 2.05) is 0 Å². The number of nitrogens with one attached hydrogen (secondary N) is 2. The summed E-state index contributed by atoms with van der Waals surface area (Å²) in [5.74, 6) is 0.106. The van der Waals surface area contributed by atoms with E-state index in [1.54, 1.807) is 31.5 Å². The van der Waals surface area contributed by atoms with Crippen LogP contribution in [0.25, 0.3) is 0 Å². The zero-order valence-corrected chi connectivity index (χ0v) is 15.7. The summed E-state index contributed by atoms with van der Waals surface area (Å²) in [7, 11) is 0. The van der Waals surface area contributed by atoms with Crippen molar-refractivity contribution in [1.29, 1.82) is 0 Å². The van der Waals surface area contributed by atoms with E-state index < -0.39 is 24.0 Å². The van der Waals surface area contributed by atoms with Crippen LogP contribution in [0.4, 0.5) is 9.18 Å². The quantitative estimate of drug-likeness (QED) is 0.568. The van der Waals surface area contributed by atoms with Gasteiger partial charge in [0.25, 0.3) is 0 Å². The molecule has 0 aliphatic heterocycles. The SMILES string of the molecule is CCC(NC(=O)NCCCOc1ccncc1)C(O)c1c(F)cccc1Cl. The molecule has 0 bridgehead atoms. The van der Waals surface area contributed by atoms with Gasteiger partial charge in [0.15, 0.2) is 0 Å². The summed E-state index contributed by atoms with van der Waals surface area (Å²) >= 11 is 5.98. The first kappa shape index (κ1) is 20.9. The van der Waals surface area contributed by atoms with Crippen molar-refractivity contribution in [3.05, 3.63) is 59.1 Å². The Kier molecular flexibility index (Phi) is 8.29. The van der Waals surface area contributed by atoms with Crippen molar-refractivity contribution in [1.82, 2.24) is 15.6 Å². The molecule has 2 amide bonds. The van der Waals surface area contributed by atoms with Gasteiger partial charge in [-0.05, 0) is 37.1 Å². The summed E-state index contributed by atoms with van der Waals surface area (Å²) in [6.45, 7) is 2.62. The van der Waals surface area contributed by atoms with Crippen LogP contribution in [-0.2, 0) is 0 Å². The molecular weight excluding hydrogens is 373 g/mol. The highest BCUT2D eigenvalue weighted by molar-refractivity contribution is 6.31. The number of ether oxygens (including phenoxy) is 1. The van der Waals surface area contributed by atoms with Gasteiger partial charge in [-0.25, -0.2) is 9.18 Å². The molecule has 0 spiro atoms. The highest BCUT2D eigenvalue weighted by atomic mass is 35.5. The minimum atomic E-state index is -1.25. The lowest BCUT2D eigenvalue weighted by atomic mass is 10.00. The van der Waals surface area contributed by atoms with Gasteiger partial charge in [-0.1, -0.05) is 24.6 Å². The van der Waals surface area contributed by atoms with E-state index in [4.69, 9.17) is 16.3 Å². The number of nitrogens with zero attached hydrogens (tertiary/aromatic N) is 1. The topological polar surface area (TPSA) is 83.5 Å². The molecule has 146 valence electrons. The summed E-state index contributed by atoms with van der Waals surface area (Å²) in [6.07, 6.45) is 3.04. The maximum absolute atomic E-state index is 14.0. The van der Waals surface area contributed by atoms with Gasteiger partial charge in [-0.2, -0.15) is 0 Å². The van der Waals surface area contributed by atoms with Crippen molar-refractivity contribution in [2.24, 2.45) is 0 Å². The normalized spacial score (nSPS) is 12.9. The van der Waals surface area contributed by atoms with E-state index in [0.29, 0.717) is 31.7 Å². The van der Waals surface area contributed by atoms with Crippen molar-refractivity contribution in [2.75, 3.05) is 13.2 Å². The van der Waals surface area contributed by atoms with Crippen LogP contribution in [0.15, 0.2) is 42.7 Å². The third-order valence-electron chi connectivity index (χ3n) is 3.96. The number of aromatic nitrogens is 1. The third-order valence-corrected chi connectivity index (χ3v) is 4.29. The molecule has 0 fully saturated rings. The molecule has 2 rings (SSSR count). The monoisotopic (exact) mass is 395 g/mol. The number of pyridine rings is 1. The van der Waals surface area contributed by atoms with Crippen LogP contribution in [0.5, 0.6) is 5.75 Å². The average molecular weight is 396 g/mol. The zero-order chi connectivity index (χ0) is 19.6. The van der Waals surface area contributed by atoms with Gasteiger partial charge >= 0.3 is 6.03 Å². The van der Waals surface area contributed by atoms with Crippen molar-refractivity contribution in [3.8, 4) is 5.75 Å². The molecule has 1 aromatic carbocycles. The molecule has 2 atom stereocenters. The largest absolute Gasteiger partial charge is 0.493 e. The lowest BCUT2D eigenvalue weighted by molar-refractivity contribution is 0.124. The summed E-state index contributed by atoms with van der Waals surface area (Å²) in [4.78, 5) is 15.9. The zero-order valence-electron chi connectivity index (χ0n) is 15.0. The van der Waals surface area contributed by atoms with E-state index in [2.05, 4.69) is 15.6 Å². The summed E-state index contributed by atoms with van der Waals surface area (Å²) in [5, 5.41) is 15.9. The molecule has 2 unspecified atom stereocenters. The Hall–Kier alpha value is -2.38. The molecule has 6 nitrogen and oxygen atoms in total. The number of halogens is 2. The number of rotatable bonds is 9. The van der Waals surface area contributed by atoms with Gasteiger partial charge in [0.2, 0.25) is 0 Å². The Balaban J connectivity index is 1.77. The van der Waals surface area contributed by atoms with Gasteiger partial charge in [0, 0.05) is 29.5 Å². The lowest BCUT2D eigenvalue weighted by Crippen LogP contribution is -2.45. The first-order valence-corrected chi connectivity index (χ1v) is 9.10. The fourth-order valence-electron chi connectivity index (χ4n) is 2.52. The molecule has 8 heteroatoms. The minimum Gasteiger partial charge on any atom is -0.493 e. The lowest BCUT2D eigenvalue weighted by Gasteiger charge is -2.24. The van der Waals surface area contributed by atoms with Crippen molar-refractivity contribution >= 4 is 17.6 Å². The number of urea groups is 1. The standard InChI is InChI=1S/C19H23ClFN3O3/c1-2-16(18(25)17-14(20)5-3-6-15(17)21)24-19(26)23-9-4-12-27-13-7-10-22-11-8-13/h3,5-8,10-11,16,18,25H,2,4,9,12H2,1H3,(H2,23,24,26). The van der Waals surface area contributed by atoms with E-state index in [0.717, 1.165) is 0 Å². The predicted octanol–water partition coefficient (Wildman–Crippen LogP) is 3.45. The summed E-state index contributed by atoms with van der Waals surface area (Å²) in [6, 6.07) is 6.56. The Morgan fingerprint density at radius 3 is 2.74 bits per heavy atom. The number of carbonyl (C=O) groups excluding carboxylic acids is 1. The molecule has 27 heavy (non-hydrogen) atoms. The van der Waals surface area contributed by atoms with Gasteiger partial charge in [0.05, 0.1) is 12.6 Å². The van der Waals surface area contributed by atoms with Crippen LogP contribution < -0.4 is 15.4 Å². The number of hydrogen-bond donors (Lipinski definition) is 3. The minimum absolute atomic E-state index is 0.0166. The van der Waals surface area contributed by atoms with E-state index in [-0.39, 0.29) is 10.6 Å². The van der Waals surface area contributed by atoms with Crippen LogP contribution in [0.3, 0.4) is 0 Å². The number of amides is 2. The van der Waals surface area contributed by atoms with Gasteiger partial charge in [0.1, 0.15) is 17.7 Å². The molecule has 3 N–H and O–H groups in total. The molecule has 0 aliphatic carbocycles. The average Bonchev–Trinajstić information content (AvgIpc) is 2.66. The van der Waals surface area contributed by atoms with Crippen molar-refractivity contribution in [3.63, 3.8) is 0 Å². The number of hydrogen-bond acceptors (Lipinski definition) is 4. The molecule has 0 aliphatic rings. The second kappa shape index (κ2) is 10.7. The number of aliphatic hydroxyl groups excluding tert-OH is 1. The Morgan fingerprint density at radius 2 is 2.07 bits per heavy atom. The second-order valence-corrected chi connectivity index (χ2v) is 6.29. The molecule has 0 saturated carbocycles. The van der Waals surface area contributed by atoms with Crippen molar-refractivity contribution in [2.45, 2.75) is 31.9 Å². The Bertz CT molecular complexity index is 713. The highest BCUT2D eigenvalue weighted by Crippen LogP contribution is 2.28. The first-order valence-electron chi connectivity index (χ1n) is 8.72. The second-order valence-electron chi connectivity index (χ2n) is 5.88. The van der Waals surface area contributed by atoms with Gasteiger partial charge < -0.3 is 20.5 Å². The van der Waals surface area contributed by atoms with Gasteiger partial charge in [-0.15, -0.1) is 0 Å². The Morgan fingerprint density at radius 1 is 1.33 bits per heavy atom. The molecular formula is C19H23ClFN3O3. The summed E-state index contributed by atoms with van der Waals surface area (Å²) < 4.78 is 19.5. The summed E-state index contributed by atoms with van der Waals surface area (Å²) in [5.41, 5.74) is -0.0166. The molecule has 1 aromatic heterocycles. The van der Waals surface area contributed by atoms with Crippen LogP contribution in [-0.4, -0.2) is 35.3 Å². The highest BCUT2D eigenvalue weighted by Gasteiger charge is 2.25. The smallest absolute Gasteiger partial charge is 0.315 e. The fourth-order valence-corrected chi connectivity index (χ4v) is 2.79. The fraction of sp³-hybridized carbons (Fsp3) is 0.368. The van der Waals surface area contributed by atoms with Crippen molar-refractivity contribution < 1.29 is 19.0 Å². The van der Waals surface area contributed by atoms with Crippen LogP contribution >= 0.6 is 11.6 Å². The number of benzene rings is 1. The van der Waals surface area contributed by atoms with Crippen LogP contribution in [0.2, 0.25) is 5.02 Å².